The highest BCUT2D eigenvalue weighted by atomic mass is 16.7. The van der Waals surface area contributed by atoms with E-state index < -0.39 is 24.6 Å². The van der Waals surface area contributed by atoms with E-state index >= 15 is 0 Å². The van der Waals surface area contributed by atoms with Crippen LogP contribution in [0.3, 0.4) is 0 Å². The monoisotopic (exact) mass is 644 g/mol. The third-order valence-electron chi connectivity index (χ3n) is 15.2. The molecule has 5 aliphatic carbocycles. The number of Topliss-reactive ketones (excluding diaryl/α,β-unsaturated/α-hetero) is 1. The van der Waals surface area contributed by atoms with Crippen molar-refractivity contribution < 1.29 is 43.9 Å². The van der Waals surface area contributed by atoms with E-state index in [4.69, 9.17) is 18.9 Å². The third kappa shape index (κ3) is 4.16. The number of hydrogen-bond acceptors (Lipinski definition) is 9. The van der Waals surface area contributed by atoms with Crippen molar-refractivity contribution in [3.63, 3.8) is 0 Å². The topological polar surface area (TPSA) is 132 Å². The van der Waals surface area contributed by atoms with Crippen LogP contribution in [-0.2, 0) is 28.5 Å². The lowest BCUT2D eigenvalue weighted by Gasteiger charge is -2.65. The molecule has 15 unspecified atom stereocenters. The summed E-state index contributed by atoms with van der Waals surface area (Å²) in [5.41, 5.74) is -0.488. The maximum atomic E-state index is 13.1. The fourth-order valence-corrected chi connectivity index (χ4v) is 13.1. The SMILES string of the molecule is CC(=O)OC1CC23CC24CCC(OC2OCC(O)C(O)C2O)C(C)(C)C4CCC3C2(C)CC3OC(C(=O)C(C)C)=CC(C)C3C12C. The molecule has 5 saturated carbocycles. The smallest absolute Gasteiger partial charge is 0.302 e. The van der Waals surface area contributed by atoms with Crippen molar-refractivity contribution in [1.82, 2.24) is 0 Å². The summed E-state index contributed by atoms with van der Waals surface area (Å²) >= 11 is 0. The number of carbonyl (C=O) groups is 2. The summed E-state index contributed by atoms with van der Waals surface area (Å²) in [7, 11) is 0. The molecule has 9 heteroatoms. The predicted molar refractivity (Wildman–Crippen MR) is 168 cm³/mol. The van der Waals surface area contributed by atoms with Gasteiger partial charge in [-0.05, 0) is 90.4 Å². The molecule has 7 rings (SSSR count). The fourth-order valence-electron chi connectivity index (χ4n) is 13.1. The normalized spacial score (nSPS) is 53.4. The van der Waals surface area contributed by atoms with E-state index in [0.29, 0.717) is 17.6 Å². The Kier molecular flexibility index (Phi) is 7.53. The lowest BCUT2D eigenvalue weighted by Crippen LogP contribution is -2.63. The zero-order chi connectivity index (χ0) is 33.4. The summed E-state index contributed by atoms with van der Waals surface area (Å²) in [5, 5.41) is 30.9. The molecule has 0 bridgehead atoms. The Hall–Kier alpha value is -1.52. The zero-order valence-electron chi connectivity index (χ0n) is 29.0. The van der Waals surface area contributed by atoms with Crippen LogP contribution in [0.25, 0.3) is 0 Å². The molecular weight excluding hydrogens is 588 g/mol. The van der Waals surface area contributed by atoms with E-state index in [-0.39, 0.29) is 81.5 Å². The first-order valence-corrected chi connectivity index (χ1v) is 17.9. The number of rotatable bonds is 5. The summed E-state index contributed by atoms with van der Waals surface area (Å²) in [6.45, 7) is 16.9. The number of allylic oxidation sites excluding steroid dienone is 2. The van der Waals surface area contributed by atoms with Crippen molar-refractivity contribution in [3.8, 4) is 0 Å². The fraction of sp³-hybridized carbons (Fsp3) is 0.892. The van der Waals surface area contributed by atoms with Gasteiger partial charge in [0.25, 0.3) is 0 Å². The van der Waals surface area contributed by atoms with Gasteiger partial charge in [-0.1, -0.05) is 48.5 Å². The van der Waals surface area contributed by atoms with Gasteiger partial charge in [-0.3, -0.25) is 9.59 Å². The molecule has 0 aromatic rings. The summed E-state index contributed by atoms with van der Waals surface area (Å²) in [6, 6.07) is 0. The molecule has 2 heterocycles. The molecular formula is C37H56O9. The van der Waals surface area contributed by atoms with Crippen LogP contribution in [0, 0.1) is 56.7 Å². The Morgan fingerprint density at radius 2 is 1.65 bits per heavy atom. The number of hydrogen-bond donors (Lipinski definition) is 3. The Bertz CT molecular complexity index is 1310. The molecule has 6 fully saturated rings. The molecule has 0 aromatic carbocycles. The van der Waals surface area contributed by atoms with Crippen molar-refractivity contribution in [1.29, 1.82) is 0 Å². The van der Waals surface area contributed by atoms with Gasteiger partial charge in [0.15, 0.2) is 17.8 Å². The van der Waals surface area contributed by atoms with E-state index in [9.17, 15) is 24.9 Å². The number of ether oxygens (including phenoxy) is 4. The average molecular weight is 645 g/mol. The van der Waals surface area contributed by atoms with E-state index in [2.05, 4.69) is 34.6 Å². The first-order valence-electron chi connectivity index (χ1n) is 17.9. The zero-order valence-corrected chi connectivity index (χ0v) is 29.0. The first-order chi connectivity index (χ1) is 21.4. The molecule has 9 nitrogen and oxygen atoms in total. The minimum atomic E-state index is -1.31. The van der Waals surface area contributed by atoms with Crippen LogP contribution in [0.5, 0.6) is 0 Å². The van der Waals surface area contributed by atoms with Crippen molar-refractivity contribution in [2.45, 2.75) is 143 Å². The van der Waals surface area contributed by atoms with Gasteiger partial charge in [-0.25, -0.2) is 0 Å². The van der Waals surface area contributed by atoms with Crippen LogP contribution in [0.1, 0.15) is 100 Å². The highest BCUT2D eigenvalue weighted by molar-refractivity contribution is 5.95. The molecule has 2 aliphatic heterocycles. The van der Waals surface area contributed by atoms with Gasteiger partial charge >= 0.3 is 5.97 Å². The van der Waals surface area contributed by atoms with Crippen LogP contribution in [0.15, 0.2) is 11.8 Å². The highest BCUT2D eigenvalue weighted by Crippen LogP contribution is 2.89. The van der Waals surface area contributed by atoms with Crippen LogP contribution in [0.2, 0.25) is 0 Å². The minimum Gasteiger partial charge on any atom is -0.487 e. The van der Waals surface area contributed by atoms with Crippen molar-refractivity contribution in [3.05, 3.63) is 11.8 Å². The average Bonchev–Trinajstić information content (AvgIpc) is 3.55. The predicted octanol–water partition coefficient (Wildman–Crippen LogP) is 4.55. The van der Waals surface area contributed by atoms with Crippen LogP contribution in [-0.4, -0.2) is 76.6 Å². The summed E-state index contributed by atoms with van der Waals surface area (Å²) < 4.78 is 25.2. The van der Waals surface area contributed by atoms with Crippen LogP contribution >= 0.6 is 0 Å². The van der Waals surface area contributed by atoms with Crippen LogP contribution in [0.4, 0.5) is 0 Å². The van der Waals surface area contributed by atoms with Crippen molar-refractivity contribution in [2.75, 3.05) is 6.61 Å². The third-order valence-corrected chi connectivity index (χ3v) is 15.2. The molecule has 46 heavy (non-hydrogen) atoms. The standard InChI is InChI=1S/C37H56O9/c1-18(2)29(40)22-13-19(3)28-23(45-22)14-34(7)25-10-9-24-33(5,6)26(46-32-31(42)30(41)21(39)16-43-32)11-12-36(24)17-37(25,36)15-27(35(28,34)8)44-20(4)38/h13,18-19,21,23-28,30-32,39,41-42H,9-12,14-17H2,1-8H3. The number of ketones is 1. The molecule has 15 atom stereocenters. The van der Waals surface area contributed by atoms with E-state index in [1.54, 1.807) is 0 Å². The Morgan fingerprint density at radius 1 is 0.957 bits per heavy atom. The Balaban J connectivity index is 1.20. The van der Waals surface area contributed by atoms with Gasteiger partial charge in [0.05, 0.1) is 12.7 Å². The largest absolute Gasteiger partial charge is 0.487 e. The molecule has 7 aliphatic rings. The number of aliphatic hydroxyl groups is 3. The first kappa shape index (κ1) is 33.0. The molecule has 0 aromatic heterocycles. The highest BCUT2D eigenvalue weighted by Gasteiger charge is 2.85. The molecule has 0 amide bonds. The molecule has 1 saturated heterocycles. The van der Waals surface area contributed by atoms with E-state index in [1.165, 1.54) is 6.92 Å². The quantitative estimate of drug-likeness (QED) is 0.292. The van der Waals surface area contributed by atoms with Crippen molar-refractivity contribution >= 4 is 11.8 Å². The maximum Gasteiger partial charge on any atom is 0.302 e. The number of esters is 1. The van der Waals surface area contributed by atoms with E-state index in [0.717, 1.165) is 44.9 Å². The van der Waals surface area contributed by atoms with Gasteiger partial charge in [0, 0.05) is 24.2 Å². The van der Waals surface area contributed by atoms with Crippen molar-refractivity contribution in [2.24, 2.45) is 56.7 Å². The Morgan fingerprint density at radius 3 is 2.33 bits per heavy atom. The number of fused-ring (bicyclic) bond motifs is 4. The Labute approximate surface area is 273 Å². The summed E-state index contributed by atoms with van der Waals surface area (Å²) in [5.74, 6) is 1.31. The van der Waals surface area contributed by atoms with Gasteiger partial charge in [0.2, 0.25) is 0 Å². The lowest BCUT2D eigenvalue weighted by atomic mass is 9.41. The maximum absolute atomic E-state index is 13.1. The van der Waals surface area contributed by atoms with Crippen LogP contribution < -0.4 is 0 Å². The second kappa shape index (κ2) is 10.5. The van der Waals surface area contributed by atoms with Gasteiger partial charge in [-0.2, -0.15) is 0 Å². The summed E-state index contributed by atoms with van der Waals surface area (Å²) in [6.07, 6.45) is 3.60. The number of aliphatic hydroxyl groups excluding tert-OH is 3. The second-order valence-electron chi connectivity index (χ2n) is 17.7. The van der Waals surface area contributed by atoms with Gasteiger partial charge in [0.1, 0.15) is 30.5 Å². The molecule has 2 spiro atoms. The summed E-state index contributed by atoms with van der Waals surface area (Å²) in [4.78, 5) is 25.9. The number of carbonyl (C=O) groups excluding carboxylic acids is 2. The second-order valence-corrected chi connectivity index (χ2v) is 17.7. The van der Waals surface area contributed by atoms with E-state index in [1.807, 2.05) is 19.9 Å². The van der Waals surface area contributed by atoms with Gasteiger partial charge in [-0.15, -0.1) is 0 Å². The minimum absolute atomic E-state index is 0.0500. The lowest BCUT2D eigenvalue weighted by molar-refractivity contribution is -0.303. The van der Waals surface area contributed by atoms with Gasteiger partial charge < -0.3 is 34.3 Å². The molecule has 258 valence electrons. The molecule has 3 N–H and O–H groups in total. The molecule has 0 radical (unpaired) electrons.